The van der Waals surface area contributed by atoms with E-state index in [1.165, 1.54) is 16.8 Å². The Bertz CT molecular complexity index is 1300. The molecule has 1 fully saturated rings. The van der Waals surface area contributed by atoms with Crippen LogP contribution in [0.25, 0.3) is 11.3 Å². The Balaban J connectivity index is 1.25. The molecular formula is C22H22N8O3. The third-order valence-corrected chi connectivity index (χ3v) is 5.84. The van der Waals surface area contributed by atoms with Crippen molar-refractivity contribution in [3.8, 4) is 5.69 Å². The van der Waals surface area contributed by atoms with Crippen LogP contribution in [-0.2, 0) is 6.54 Å². The molecule has 0 unspecified atom stereocenters. The highest BCUT2D eigenvalue weighted by Crippen LogP contribution is 2.19. The smallest absolute Gasteiger partial charge is 0.276 e. The van der Waals surface area contributed by atoms with Crippen molar-refractivity contribution in [2.24, 2.45) is 0 Å². The van der Waals surface area contributed by atoms with E-state index in [1.54, 1.807) is 24.0 Å². The maximum Gasteiger partial charge on any atom is 0.276 e. The number of nitro benzene ring substituents is 1. The molecule has 0 bridgehead atoms. The molecule has 1 aromatic carbocycles. The summed E-state index contributed by atoms with van der Waals surface area (Å²) >= 11 is 0. The van der Waals surface area contributed by atoms with Gasteiger partial charge in [-0.05, 0) is 25.1 Å². The summed E-state index contributed by atoms with van der Waals surface area (Å²) in [5.41, 5.74) is 3.17. The summed E-state index contributed by atoms with van der Waals surface area (Å²) < 4.78 is 3.46. The largest absolute Gasteiger partial charge is 0.335 e. The lowest BCUT2D eigenvalue weighted by molar-refractivity contribution is -0.384. The minimum Gasteiger partial charge on any atom is -0.335 e. The summed E-state index contributed by atoms with van der Waals surface area (Å²) in [6.45, 7) is 5.09. The average Bonchev–Trinajstić information content (AvgIpc) is 3.42. The molecule has 11 heteroatoms. The highest BCUT2D eigenvalue weighted by atomic mass is 16.6. The number of fused-ring (bicyclic) bond motifs is 1. The molecule has 0 spiro atoms. The Kier molecular flexibility index (Phi) is 5.31. The molecule has 4 heterocycles. The Morgan fingerprint density at radius 3 is 2.70 bits per heavy atom. The molecule has 0 atom stereocenters. The number of imidazole rings is 1. The van der Waals surface area contributed by atoms with E-state index in [0.717, 1.165) is 31.0 Å². The summed E-state index contributed by atoms with van der Waals surface area (Å²) in [5.74, 6) is -0.184. The zero-order valence-electron chi connectivity index (χ0n) is 18.0. The van der Waals surface area contributed by atoms with Crippen molar-refractivity contribution in [1.82, 2.24) is 34.2 Å². The van der Waals surface area contributed by atoms with Gasteiger partial charge in [0.15, 0.2) is 5.69 Å². The van der Waals surface area contributed by atoms with Crippen LogP contribution < -0.4 is 0 Å². The molecule has 0 saturated carbocycles. The number of hydrogen-bond acceptors (Lipinski definition) is 7. The minimum atomic E-state index is -0.465. The average molecular weight is 446 g/mol. The molecule has 1 amide bonds. The van der Waals surface area contributed by atoms with Gasteiger partial charge in [0.05, 0.1) is 22.0 Å². The number of pyridine rings is 1. The van der Waals surface area contributed by atoms with Crippen molar-refractivity contribution < 1.29 is 9.72 Å². The van der Waals surface area contributed by atoms with Crippen molar-refractivity contribution in [3.63, 3.8) is 0 Å². The Morgan fingerprint density at radius 1 is 1.12 bits per heavy atom. The number of carbonyl (C=O) groups is 1. The van der Waals surface area contributed by atoms with E-state index < -0.39 is 4.92 Å². The van der Waals surface area contributed by atoms with E-state index in [9.17, 15) is 14.9 Å². The predicted octanol–water partition coefficient (Wildman–Crippen LogP) is 2.09. The Morgan fingerprint density at radius 2 is 1.94 bits per heavy atom. The molecule has 0 radical (unpaired) electrons. The fourth-order valence-corrected chi connectivity index (χ4v) is 4.06. The van der Waals surface area contributed by atoms with Crippen LogP contribution in [0.2, 0.25) is 0 Å². The quantitative estimate of drug-likeness (QED) is 0.341. The number of benzene rings is 1. The fourth-order valence-electron chi connectivity index (χ4n) is 4.06. The third kappa shape index (κ3) is 4.05. The van der Waals surface area contributed by atoms with Gasteiger partial charge in [0.25, 0.3) is 11.6 Å². The molecule has 11 nitrogen and oxygen atoms in total. The lowest BCUT2D eigenvalue weighted by atomic mass is 10.2. The van der Waals surface area contributed by atoms with Crippen LogP contribution in [0.3, 0.4) is 0 Å². The second-order valence-corrected chi connectivity index (χ2v) is 7.98. The van der Waals surface area contributed by atoms with Crippen LogP contribution >= 0.6 is 0 Å². The van der Waals surface area contributed by atoms with Gasteiger partial charge in [-0.15, -0.1) is 5.10 Å². The first-order valence-corrected chi connectivity index (χ1v) is 10.6. The monoisotopic (exact) mass is 446 g/mol. The second-order valence-electron chi connectivity index (χ2n) is 7.98. The van der Waals surface area contributed by atoms with Gasteiger partial charge in [-0.25, -0.2) is 9.67 Å². The fraction of sp³-hybridized carbons (Fsp3) is 0.273. The van der Waals surface area contributed by atoms with Gasteiger partial charge in [-0.3, -0.25) is 19.8 Å². The van der Waals surface area contributed by atoms with Gasteiger partial charge in [-0.2, -0.15) is 0 Å². The third-order valence-electron chi connectivity index (χ3n) is 5.84. The van der Waals surface area contributed by atoms with Gasteiger partial charge < -0.3 is 9.30 Å². The number of nitrogens with zero attached hydrogens (tertiary/aromatic N) is 8. The molecule has 1 aliphatic heterocycles. The molecule has 1 saturated heterocycles. The maximum absolute atomic E-state index is 13.1. The van der Waals surface area contributed by atoms with E-state index in [2.05, 4.69) is 20.2 Å². The highest BCUT2D eigenvalue weighted by molar-refractivity contribution is 5.93. The van der Waals surface area contributed by atoms with E-state index in [1.807, 2.05) is 35.0 Å². The number of carbonyl (C=O) groups excluding carboxylic acids is 1. The first-order valence-electron chi connectivity index (χ1n) is 10.6. The van der Waals surface area contributed by atoms with E-state index in [4.69, 9.17) is 0 Å². The topological polar surface area (TPSA) is 115 Å². The SMILES string of the molecule is Cc1c(C(=O)N2CCN(Cc3cn4ccccc4n3)CC2)nnn1-c1cccc([N+](=O)[O-])c1. The van der Waals surface area contributed by atoms with Crippen LogP contribution in [-0.4, -0.2) is 71.2 Å². The first-order chi connectivity index (χ1) is 16.0. The normalized spacial score (nSPS) is 14.6. The number of non-ortho nitro benzene ring substituents is 1. The molecule has 33 heavy (non-hydrogen) atoms. The first kappa shape index (κ1) is 20.8. The highest BCUT2D eigenvalue weighted by Gasteiger charge is 2.27. The number of hydrogen-bond donors (Lipinski definition) is 0. The standard InChI is InChI=1S/C22H22N8O3/c1-16-21(24-25-29(16)18-5-4-6-19(13-18)30(32)33)22(31)27-11-9-26(10-12-27)14-17-15-28-8-3-2-7-20(28)23-17/h2-8,13,15H,9-12,14H2,1H3. The van der Waals surface area contributed by atoms with Gasteiger partial charge in [0, 0.05) is 57.3 Å². The van der Waals surface area contributed by atoms with Gasteiger partial charge in [0.1, 0.15) is 5.65 Å². The summed E-state index contributed by atoms with van der Waals surface area (Å²) in [6.07, 6.45) is 4.01. The minimum absolute atomic E-state index is 0.0444. The van der Waals surface area contributed by atoms with Gasteiger partial charge >= 0.3 is 0 Å². The summed E-state index contributed by atoms with van der Waals surface area (Å²) in [7, 11) is 0. The molecule has 0 aliphatic carbocycles. The molecule has 0 N–H and O–H groups in total. The van der Waals surface area contributed by atoms with Crippen LogP contribution in [0, 0.1) is 17.0 Å². The van der Waals surface area contributed by atoms with Crippen LogP contribution in [0.15, 0.2) is 54.9 Å². The van der Waals surface area contributed by atoms with E-state index in [0.29, 0.717) is 24.5 Å². The molecule has 1 aliphatic rings. The molecule has 168 valence electrons. The van der Waals surface area contributed by atoms with Crippen LogP contribution in [0.4, 0.5) is 5.69 Å². The zero-order chi connectivity index (χ0) is 22.9. The van der Waals surface area contributed by atoms with Crippen molar-refractivity contribution in [2.75, 3.05) is 26.2 Å². The van der Waals surface area contributed by atoms with Gasteiger partial charge in [-0.1, -0.05) is 17.3 Å². The number of nitro groups is 1. The number of rotatable bonds is 5. The second kappa shape index (κ2) is 8.43. The Labute approximate surface area is 189 Å². The predicted molar refractivity (Wildman–Crippen MR) is 119 cm³/mol. The van der Waals surface area contributed by atoms with Crippen LogP contribution in [0.1, 0.15) is 21.9 Å². The molecule has 4 aromatic rings. The summed E-state index contributed by atoms with van der Waals surface area (Å²) in [5, 5.41) is 19.2. The molecule has 3 aromatic heterocycles. The van der Waals surface area contributed by atoms with E-state index in [-0.39, 0.29) is 17.3 Å². The van der Waals surface area contributed by atoms with Crippen molar-refractivity contribution in [2.45, 2.75) is 13.5 Å². The summed E-state index contributed by atoms with van der Waals surface area (Å²) in [6, 6.07) is 12.0. The zero-order valence-corrected chi connectivity index (χ0v) is 18.0. The van der Waals surface area contributed by atoms with E-state index >= 15 is 0 Å². The molecule has 5 rings (SSSR count). The number of piperazine rings is 1. The lowest BCUT2D eigenvalue weighted by Gasteiger charge is -2.34. The molecular weight excluding hydrogens is 424 g/mol. The summed E-state index contributed by atoms with van der Waals surface area (Å²) in [4.78, 5) is 32.4. The van der Waals surface area contributed by atoms with Crippen molar-refractivity contribution >= 4 is 17.2 Å². The number of amides is 1. The van der Waals surface area contributed by atoms with Crippen LogP contribution in [0.5, 0.6) is 0 Å². The lowest BCUT2D eigenvalue weighted by Crippen LogP contribution is -2.48. The van der Waals surface area contributed by atoms with Gasteiger partial charge in [0.2, 0.25) is 0 Å². The number of aromatic nitrogens is 5. The maximum atomic E-state index is 13.1. The van der Waals surface area contributed by atoms with Crippen molar-refractivity contribution in [3.05, 3.63) is 82.1 Å². The van der Waals surface area contributed by atoms with Crippen molar-refractivity contribution in [1.29, 1.82) is 0 Å². The Hall–Kier alpha value is -4.12.